The van der Waals surface area contributed by atoms with Crippen LogP contribution in [0.25, 0.3) is 0 Å². The van der Waals surface area contributed by atoms with Crippen molar-refractivity contribution >= 4 is 23.3 Å². The first-order valence-corrected chi connectivity index (χ1v) is 6.23. The standard InChI is InChI=1S/C13H16ClNO2/c1-9-2-4-15(5-3-9)12-7-10(13(16)17)6-11(14)8-12/h6-9H,2-5H2,1H3,(H,16,17). The number of hydrogen-bond acceptors (Lipinski definition) is 2. The number of anilines is 1. The molecule has 0 atom stereocenters. The molecule has 4 heteroatoms. The second kappa shape index (κ2) is 4.96. The van der Waals surface area contributed by atoms with Crippen LogP contribution in [-0.2, 0) is 0 Å². The third-order valence-corrected chi connectivity index (χ3v) is 3.50. The minimum Gasteiger partial charge on any atom is -0.478 e. The van der Waals surface area contributed by atoms with Crippen molar-refractivity contribution in [1.82, 2.24) is 0 Å². The summed E-state index contributed by atoms with van der Waals surface area (Å²) in [7, 11) is 0. The van der Waals surface area contributed by atoms with Gasteiger partial charge in [0.25, 0.3) is 0 Å². The lowest BCUT2D eigenvalue weighted by Gasteiger charge is -2.32. The number of nitrogens with zero attached hydrogens (tertiary/aromatic N) is 1. The molecular formula is C13H16ClNO2. The van der Waals surface area contributed by atoms with Crippen LogP contribution in [-0.4, -0.2) is 24.2 Å². The minimum atomic E-state index is -0.931. The molecule has 1 saturated heterocycles. The number of hydrogen-bond donors (Lipinski definition) is 1. The average Bonchev–Trinajstić information content (AvgIpc) is 2.29. The third-order valence-electron chi connectivity index (χ3n) is 3.28. The Morgan fingerprint density at radius 3 is 2.59 bits per heavy atom. The molecule has 1 aromatic rings. The number of carboxylic acids is 1. The van der Waals surface area contributed by atoms with Crippen molar-refractivity contribution in [1.29, 1.82) is 0 Å². The number of rotatable bonds is 2. The zero-order valence-corrected chi connectivity index (χ0v) is 10.6. The number of halogens is 1. The molecule has 0 aliphatic carbocycles. The van der Waals surface area contributed by atoms with Crippen molar-refractivity contribution in [3.05, 3.63) is 28.8 Å². The Hall–Kier alpha value is -1.22. The normalized spacial score (nSPS) is 17.2. The predicted octanol–water partition coefficient (Wildman–Crippen LogP) is 3.27. The highest BCUT2D eigenvalue weighted by molar-refractivity contribution is 6.31. The Morgan fingerprint density at radius 2 is 2.00 bits per heavy atom. The number of aromatic carboxylic acids is 1. The molecule has 0 radical (unpaired) electrons. The van der Waals surface area contributed by atoms with Crippen LogP contribution in [0, 0.1) is 5.92 Å². The summed E-state index contributed by atoms with van der Waals surface area (Å²) in [6.07, 6.45) is 2.30. The maximum atomic E-state index is 11.0. The minimum absolute atomic E-state index is 0.256. The summed E-state index contributed by atoms with van der Waals surface area (Å²) in [4.78, 5) is 13.2. The molecule has 1 fully saturated rings. The predicted molar refractivity (Wildman–Crippen MR) is 69.0 cm³/mol. The van der Waals surface area contributed by atoms with E-state index in [-0.39, 0.29) is 5.56 Å². The smallest absolute Gasteiger partial charge is 0.335 e. The summed E-state index contributed by atoms with van der Waals surface area (Å²) < 4.78 is 0. The van der Waals surface area contributed by atoms with Crippen molar-refractivity contribution in [2.45, 2.75) is 19.8 Å². The Bertz CT molecular complexity index is 425. The van der Waals surface area contributed by atoms with Crippen LogP contribution in [0.3, 0.4) is 0 Å². The molecular weight excluding hydrogens is 238 g/mol. The fourth-order valence-electron chi connectivity index (χ4n) is 2.15. The highest BCUT2D eigenvalue weighted by Crippen LogP contribution is 2.26. The SMILES string of the molecule is CC1CCN(c2cc(Cl)cc(C(=O)O)c2)CC1. The Kier molecular flexibility index (Phi) is 3.57. The van der Waals surface area contributed by atoms with E-state index < -0.39 is 5.97 Å². The maximum absolute atomic E-state index is 11.0. The van der Waals surface area contributed by atoms with Crippen LogP contribution in [0.4, 0.5) is 5.69 Å². The Labute approximate surface area is 106 Å². The molecule has 0 unspecified atom stereocenters. The van der Waals surface area contributed by atoms with E-state index >= 15 is 0 Å². The van der Waals surface area contributed by atoms with E-state index in [0.29, 0.717) is 5.02 Å². The molecule has 0 aromatic heterocycles. The van der Waals surface area contributed by atoms with Crippen LogP contribution in [0.1, 0.15) is 30.1 Å². The first-order valence-electron chi connectivity index (χ1n) is 5.85. The summed E-state index contributed by atoms with van der Waals surface area (Å²) in [6.45, 7) is 4.19. The van der Waals surface area contributed by atoms with E-state index in [0.717, 1.165) is 37.5 Å². The molecule has 1 aromatic carbocycles. The molecule has 1 heterocycles. The van der Waals surface area contributed by atoms with Gasteiger partial charge in [-0.3, -0.25) is 0 Å². The van der Waals surface area contributed by atoms with Crippen molar-refractivity contribution < 1.29 is 9.90 Å². The molecule has 0 saturated carbocycles. The summed E-state index contributed by atoms with van der Waals surface area (Å²) in [5.74, 6) is -0.177. The van der Waals surface area contributed by atoms with Crippen molar-refractivity contribution in [2.24, 2.45) is 5.92 Å². The van der Waals surface area contributed by atoms with Crippen LogP contribution in [0.15, 0.2) is 18.2 Å². The molecule has 92 valence electrons. The van der Waals surface area contributed by atoms with Gasteiger partial charge < -0.3 is 10.0 Å². The van der Waals surface area contributed by atoms with Gasteiger partial charge in [-0.05, 0) is 37.0 Å². The van der Waals surface area contributed by atoms with Gasteiger partial charge in [0.1, 0.15) is 0 Å². The lowest BCUT2D eigenvalue weighted by atomic mass is 9.98. The van der Waals surface area contributed by atoms with E-state index in [1.807, 2.05) is 6.07 Å². The van der Waals surface area contributed by atoms with Crippen LogP contribution >= 0.6 is 11.6 Å². The second-order valence-electron chi connectivity index (χ2n) is 4.67. The van der Waals surface area contributed by atoms with Gasteiger partial charge in [-0.25, -0.2) is 4.79 Å². The summed E-state index contributed by atoms with van der Waals surface area (Å²) >= 11 is 5.95. The lowest BCUT2D eigenvalue weighted by molar-refractivity contribution is 0.0697. The fraction of sp³-hybridized carbons (Fsp3) is 0.462. The van der Waals surface area contributed by atoms with Gasteiger partial charge in [-0.2, -0.15) is 0 Å². The van der Waals surface area contributed by atoms with Crippen molar-refractivity contribution in [3.8, 4) is 0 Å². The van der Waals surface area contributed by atoms with Gasteiger partial charge in [0.15, 0.2) is 0 Å². The monoisotopic (exact) mass is 253 g/mol. The molecule has 0 spiro atoms. The average molecular weight is 254 g/mol. The zero-order chi connectivity index (χ0) is 12.4. The molecule has 17 heavy (non-hydrogen) atoms. The quantitative estimate of drug-likeness (QED) is 0.879. The molecule has 0 amide bonds. The first-order chi connectivity index (χ1) is 8.06. The van der Waals surface area contributed by atoms with Crippen LogP contribution in [0.2, 0.25) is 5.02 Å². The van der Waals surface area contributed by atoms with Gasteiger partial charge in [0, 0.05) is 23.8 Å². The van der Waals surface area contributed by atoms with E-state index in [9.17, 15) is 4.79 Å². The van der Waals surface area contributed by atoms with E-state index in [2.05, 4.69) is 11.8 Å². The van der Waals surface area contributed by atoms with E-state index in [4.69, 9.17) is 16.7 Å². The van der Waals surface area contributed by atoms with Gasteiger partial charge in [0.05, 0.1) is 5.56 Å². The number of carboxylic acid groups (broad SMARTS) is 1. The van der Waals surface area contributed by atoms with Crippen LogP contribution < -0.4 is 4.90 Å². The Balaban J connectivity index is 2.23. The third kappa shape index (κ3) is 2.91. The molecule has 1 aliphatic rings. The van der Waals surface area contributed by atoms with Gasteiger partial charge in [-0.15, -0.1) is 0 Å². The Morgan fingerprint density at radius 1 is 1.35 bits per heavy atom. The fourth-order valence-corrected chi connectivity index (χ4v) is 2.38. The maximum Gasteiger partial charge on any atom is 0.335 e. The zero-order valence-electron chi connectivity index (χ0n) is 9.82. The highest BCUT2D eigenvalue weighted by Gasteiger charge is 2.17. The molecule has 0 bridgehead atoms. The van der Waals surface area contributed by atoms with Gasteiger partial charge >= 0.3 is 5.97 Å². The largest absolute Gasteiger partial charge is 0.478 e. The first kappa shape index (κ1) is 12.2. The van der Waals surface area contributed by atoms with E-state index in [1.165, 1.54) is 6.07 Å². The van der Waals surface area contributed by atoms with E-state index in [1.54, 1.807) is 6.07 Å². The van der Waals surface area contributed by atoms with Crippen molar-refractivity contribution in [3.63, 3.8) is 0 Å². The van der Waals surface area contributed by atoms with Gasteiger partial charge in [0.2, 0.25) is 0 Å². The number of carbonyl (C=O) groups is 1. The molecule has 1 aliphatic heterocycles. The summed E-state index contributed by atoms with van der Waals surface area (Å²) in [6, 6.07) is 5.02. The van der Waals surface area contributed by atoms with Crippen molar-refractivity contribution in [2.75, 3.05) is 18.0 Å². The molecule has 3 nitrogen and oxygen atoms in total. The van der Waals surface area contributed by atoms with Gasteiger partial charge in [-0.1, -0.05) is 18.5 Å². The number of piperidine rings is 1. The lowest BCUT2D eigenvalue weighted by Crippen LogP contribution is -2.32. The summed E-state index contributed by atoms with van der Waals surface area (Å²) in [5.41, 5.74) is 1.17. The summed E-state index contributed by atoms with van der Waals surface area (Å²) in [5, 5.41) is 9.48. The molecule has 2 rings (SSSR count). The topological polar surface area (TPSA) is 40.5 Å². The highest BCUT2D eigenvalue weighted by atomic mass is 35.5. The van der Waals surface area contributed by atoms with Crippen LogP contribution in [0.5, 0.6) is 0 Å². The number of benzene rings is 1. The molecule has 1 N–H and O–H groups in total. The second-order valence-corrected chi connectivity index (χ2v) is 5.11.